The van der Waals surface area contributed by atoms with Crippen LogP contribution in [0.2, 0.25) is 5.02 Å². The molecule has 182 valence electrons. The Morgan fingerprint density at radius 3 is 1.97 bits per heavy atom. The van der Waals surface area contributed by atoms with Crippen molar-refractivity contribution in [2.45, 2.75) is 0 Å². The third-order valence-corrected chi connectivity index (χ3v) is 8.89. The van der Waals surface area contributed by atoms with Gasteiger partial charge in [-0.05, 0) is 89.0 Å². The normalized spacial score (nSPS) is 11.4. The molecule has 0 bridgehead atoms. The summed E-state index contributed by atoms with van der Waals surface area (Å²) in [6.07, 6.45) is 0. The van der Waals surface area contributed by atoms with Crippen molar-refractivity contribution < 1.29 is 0 Å². The fourth-order valence-electron chi connectivity index (χ4n) is 5.14. The molecule has 4 heteroatoms. The van der Waals surface area contributed by atoms with Gasteiger partial charge in [0.25, 0.3) is 0 Å². The average molecular weight is 591 g/mol. The minimum atomic E-state index is 0.747. The Morgan fingerprint density at radius 1 is 0.526 bits per heavy atom. The summed E-state index contributed by atoms with van der Waals surface area (Å²) in [4.78, 5) is 2.54. The molecule has 0 radical (unpaired) electrons. The summed E-state index contributed by atoms with van der Waals surface area (Å²) in [5, 5.41) is 3.19. The van der Waals surface area contributed by atoms with E-state index in [0.29, 0.717) is 0 Å². The molecule has 0 saturated carbocycles. The maximum absolute atomic E-state index is 6.14. The van der Waals surface area contributed by atoms with E-state index in [1.807, 2.05) is 23.5 Å². The first-order valence-corrected chi connectivity index (χ1v) is 14.4. The number of nitrogens with zero attached hydrogens (tertiary/aromatic N) is 1. The Balaban J connectivity index is 1.38. The van der Waals surface area contributed by atoms with Gasteiger partial charge in [-0.1, -0.05) is 88.2 Å². The van der Waals surface area contributed by atoms with Crippen LogP contribution in [0.25, 0.3) is 59.5 Å². The second kappa shape index (κ2) is 9.59. The molecule has 2 aromatic heterocycles. The van der Waals surface area contributed by atoms with E-state index in [4.69, 9.17) is 11.6 Å². The SMILES string of the molecule is Clc1ccc(-c2ccc3c(c2)c2cc(Br)ccc2n3-c2cccc(-c3ccc(-c4ccccc4)s3)c2)cc1. The van der Waals surface area contributed by atoms with Gasteiger partial charge in [0.2, 0.25) is 0 Å². The molecule has 0 atom stereocenters. The van der Waals surface area contributed by atoms with Crippen molar-refractivity contribution in [1.82, 2.24) is 4.57 Å². The highest BCUT2D eigenvalue weighted by atomic mass is 79.9. The zero-order valence-corrected chi connectivity index (χ0v) is 23.4. The summed E-state index contributed by atoms with van der Waals surface area (Å²) < 4.78 is 3.44. The maximum Gasteiger partial charge on any atom is 0.0541 e. The van der Waals surface area contributed by atoms with E-state index in [2.05, 4.69) is 136 Å². The second-order valence-electron chi connectivity index (χ2n) is 9.32. The summed E-state index contributed by atoms with van der Waals surface area (Å²) in [5.74, 6) is 0. The van der Waals surface area contributed by atoms with Gasteiger partial charge >= 0.3 is 0 Å². The number of hydrogen-bond donors (Lipinski definition) is 0. The first-order chi connectivity index (χ1) is 18.6. The molecule has 0 aliphatic carbocycles. The van der Waals surface area contributed by atoms with E-state index in [-0.39, 0.29) is 0 Å². The van der Waals surface area contributed by atoms with Gasteiger partial charge in [0, 0.05) is 35.7 Å². The maximum atomic E-state index is 6.14. The molecule has 0 spiro atoms. The lowest BCUT2D eigenvalue weighted by molar-refractivity contribution is 1.18. The van der Waals surface area contributed by atoms with Gasteiger partial charge in [0.15, 0.2) is 0 Å². The van der Waals surface area contributed by atoms with E-state index in [9.17, 15) is 0 Å². The van der Waals surface area contributed by atoms with Crippen LogP contribution < -0.4 is 0 Å². The molecule has 1 nitrogen and oxygen atoms in total. The van der Waals surface area contributed by atoms with Crippen LogP contribution in [0.1, 0.15) is 0 Å². The summed E-state index contributed by atoms with van der Waals surface area (Å²) in [5.41, 5.74) is 8.33. The van der Waals surface area contributed by atoms with Gasteiger partial charge in [-0.2, -0.15) is 0 Å². The molecule has 0 aliphatic rings. The summed E-state index contributed by atoms with van der Waals surface area (Å²) in [6, 6.07) is 45.2. The van der Waals surface area contributed by atoms with Gasteiger partial charge in [-0.3, -0.25) is 0 Å². The zero-order chi connectivity index (χ0) is 25.6. The van der Waals surface area contributed by atoms with E-state index in [1.54, 1.807) is 0 Å². The molecule has 0 fully saturated rings. The van der Waals surface area contributed by atoms with Gasteiger partial charge in [0.05, 0.1) is 11.0 Å². The second-order valence-corrected chi connectivity index (χ2v) is 11.8. The molecule has 7 rings (SSSR count). The standard InChI is InChI=1S/C34H21BrClNS/c35-26-12-16-32-30(21-26)29-20-24(22-9-13-27(36)14-10-22)11-15-31(29)37(32)28-8-4-7-25(19-28)34-18-17-33(38-34)23-5-2-1-3-6-23/h1-21H. The minimum Gasteiger partial charge on any atom is -0.309 e. The number of hydrogen-bond acceptors (Lipinski definition) is 1. The quantitative estimate of drug-likeness (QED) is 0.192. The molecule has 38 heavy (non-hydrogen) atoms. The van der Waals surface area contributed by atoms with Gasteiger partial charge in [0.1, 0.15) is 0 Å². The van der Waals surface area contributed by atoms with Gasteiger partial charge in [-0.25, -0.2) is 0 Å². The summed E-state index contributed by atoms with van der Waals surface area (Å²) >= 11 is 11.7. The van der Waals surface area contributed by atoms with Crippen LogP contribution in [0.3, 0.4) is 0 Å². The van der Waals surface area contributed by atoms with Crippen LogP contribution in [-0.4, -0.2) is 4.57 Å². The third-order valence-electron chi connectivity index (χ3n) is 6.96. The van der Waals surface area contributed by atoms with E-state index >= 15 is 0 Å². The van der Waals surface area contributed by atoms with Crippen molar-refractivity contribution in [3.63, 3.8) is 0 Å². The van der Waals surface area contributed by atoms with Gasteiger partial charge < -0.3 is 4.57 Å². The predicted octanol–water partition coefficient (Wildman–Crippen LogP) is 11.3. The summed E-state index contributed by atoms with van der Waals surface area (Å²) in [6.45, 7) is 0. The molecule has 0 N–H and O–H groups in total. The molecule has 0 unspecified atom stereocenters. The minimum absolute atomic E-state index is 0.747. The topological polar surface area (TPSA) is 4.93 Å². The Labute approximate surface area is 238 Å². The summed E-state index contributed by atoms with van der Waals surface area (Å²) in [7, 11) is 0. The monoisotopic (exact) mass is 589 g/mol. The van der Waals surface area contributed by atoms with E-state index in [0.717, 1.165) is 20.7 Å². The molecule has 0 aliphatic heterocycles. The third kappa shape index (κ3) is 4.17. The molecule has 7 aromatic rings. The Morgan fingerprint density at radius 2 is 1.18 bits per heavy atom. The Bertz CT molecular complexity index is 1930. The largest absolute Gasteiger partial charge is 0.309 e. The lowest BCUT2D eigenvalue weighted by atomic mass is 10.0. The molecule has 2 heterocycles. The van der Waals surface area contributed by atoms with Gasteiger partial charge in [-0.15, -0.1) is 11.3 Å². The number of fused-ring (bicyclic) bond motifs is 3. The highest BCUT2D eigenvalue weighted by Crippen LogP contribution is 2.39. The number of rotatable bonds is 4. The number of aromatic nitrogens is 1. The van der Waals surface area contributed by atoms with Crippen LogP contribution in [-0.2, 0) is 0 Å². The lowest BCUT2D eigenvalue weighted by Gasteiger charge is -2.10. The van der Waals surface area contributed by atoms with Crippen LogP contribution >= 0.6 is 38.9 Å². The highest BCUT2D eigenvalue weighted by molar-refractivity contribution is 9.10. The van der Waals surface area contributed by atoms with Crippen molar-refractivity contribution >= 4 is 60.7 Å². The lowest BCUT2D eigenvalue weighted by Crippen LogP contribution is -1.94. The molecular weight excluding hydrogens is 570 g/mol. The molecule has 0 amide bonds. The van der Waals surface area contributed by atoms with Crippen molar-refractivity contribution in [2.24, 2.45) is 0 Å². The smallest absolute Gasteiger partial charge is 0.0541 e. The van der Waals surface area contributed by atoms with Crippen molar-refractivity contribution in [1.29, 1.82) is 0 Å². The number of thiophene rings is 1. The zero-order valence-electron chi connectivity index (χ0n) is 20.2. The Kier molecular flexibility index (Phi) is 5.93. The fourth-order valence-corrected chi connectivity index (χ4v) is 6.64. The van der Waals surface area contributed by atoms with Crippen molar-refractivity contribution in [2.75, 3.05) is 0 Å². The van der Waals surface area contributed by atoms with E-state index in [1.165, 1.54) is 48.3 Å². The van der Waals surface area contributed by atoms with Crippen LogP contribution in [0.4, 0.5) is 0 Å². The first kappa shape index (κ1) is 23.5. The Hall–Kier alpha value is -3.63. The average Bonchev–Trinajstić information content (AvgIpc) is 3.57. The molecule has 5 aromatic carbocycles. The van der Waals surface area contributed by atoms with E-state index < -0.39 is 0 Å². The number of benzene rings is 5. The fraction of sp³-hybridized carbons (Fsp3) is 0. The van der Waals surface area contributed by atoms with Crippen molar-refractivity contribution in [3.05, 3.63) is 137 Å². The predicted molar refractivity (Wildman–Crippen MR) is 168 cm³/mol. The van der Waals surface area contributed by atoms with Crippen molar-refractivity contribution in [3.8, 4) is 37.7 Å². The molecular formula is C34H21BrClNS. The molecule has 0 saturated heterocycles. The first-order valence-electron chi connectivity index (χ1n) is 12.4. The van der Waals surface area contributed by atoms with Crippen LogP contribution in [0.15, 0.2) is 132 Å². The van der Waals surface area contributed by atoms with Crippen LogP contribution in [0.5, 0.6) is 0 Å². The van der Waals surface area contributed by atoms with Crippen LogP contribution in [0, 0.1) is 0 Å². The number of halogens is 2. The highest BCUT2D eigenvalue weighted by Gasteiger charge is 2.15.